The van der Waals surface area contributed by atoms with E-state index in [0.29, 0.717) is 5.75 Å². The summed E-state index contributed by atoms with van der Waals surface area (Å²) in [6.07, 6.45) is -0.703. The van der Waals surface area contributed by atoms with Gasteiger partial charge in [0.05, 0.1) is 13.7 Å². The smallest absolute Gasteiger partial charge is 0.418 e. The van der Waals surface area contributed by atoms with Crippen molar-refractivity contribution >= 4 is 12.1 Å². The second-order valence-electron chi connectivity index (χ2n) is 4.15. The number of amides is 3. The average Bonchev–Trinajstić information content (AvgIpc) is 2.50. The van der Waals surface area contributed by atoms with E-state index in [9.17, 15) is 9.59 Å². The van der Waals surface area contributed by atoms with Crippen LogP contribution >= 0.6 is 0 Å². The highest BCUT2D eigenvalue weighted by atomic mass is 16.6. The van der Waals surface area contributed by atoms with Crippen molar-refractivity contribution < 1.29 is 19.1 Å². The number of nitrogens with zero attached hydrogens (tertiary/aromatic N) is 1. The van der Waals surface area contributed by atoms with Crippen molar-refractivity contribution in [1.29, 1.82) is 0 Å². The van der Waals surface area contributed by atoms with Crippen molar-refractivity contribution in [3.63, 3.8) is 0 Å². The molecule has 21 heavy (non-hydrogen) atoms. The maximum Gasteiger partial charge on any atom is 0.418 e. The molecule has 1 rings (SSSR count). The lowest BCUT2D eigenvalue weighted by molar-refractivity contribution is 0.115. The molecule has 0 atom stereocenters. The second-order valence-corrected chi connectivity index (χ2v) is 4.15. The van der Waals surface area contributed by atoms with Gasteiger partial charge in [0.25, 0.3) is 0 Å². The molecule has 0 unspecified atom stereocenters. The van der Waals surface area contributed by atoms with E-state index in [1.54, 1.807) is 20.1 Å². The minimum absolute atomic E-state index is 0.1000. The molecule has 1 aromatic carbocycles. The molecular formula is C14H21N3O4. The summed E-state index contributed by atoms with van der Waals surface area (Å²) in [5.74, 6) is 0.700. The van der Waals surface area contributed by atoms with Crippen LogP contribution in [0, 0.1) is 0 Å². The number of benzene rings is 1. The Morgan fingerprint density at radius 3 is 2.76 bits per heavy atom. The molecule has 0 aliphatic heterocycles. The summed E-state index contributed by atoms with van der Waals surface area (Å²) in [5, 5.41) is 2.65. The summed E-state index contributed by atoms with van der Waals surface area (Å²) >= 11 is 0. The Kier molecular flexibility index (Phi) is 7.03. The Bertz CT molecular complexity index is 479. The van der Waals surface area contributed by atoms with Gasteiger partial charge in [-0.05, 0) is 24.6 Å². The van der Waals surface area contributed by atoms with Gasteiger partial charge in [0, 0.05) is 19.6 Å². The third-order valence-corrected chi connectivity index (χ3v) is 2.66. The van der Waals surface area contributed by atoms with E-state index in [-0.39, 0.29) is 26.2 Å². The third kappa shape index (κ3) is 5.31. The molecule has 0 saturated carbocycles. The van der Waals surface area contributed by atoms with Crippen molar-refractivity contribution in [3.05, 3.63) is 29.8 Å². The number of hydrogen-bond acceptors (Lipinski definition) is 5. The lowest BCUT2D eigenvalue weighted by Gasteiger charge is -2.19. The van der Waals surface area contributed by atoms with Crippen molar-refractivity contribution in [3.8, 4) is 5.75 Å². The van der Waals surface area contributed by atoms with Crippen molar-refractivity contribution in [2.75, 3.05) is 26.8 Å². The van der Waals surface area contributed by atoms with Crippen molar-refractivity contribution in [1.82, 2.24) is 10.2 Å². The third-order valence-electron chi connectivity index (χ3n) is 2.66. The molecule has 7 nitrogen and oxygen atoms in total. The van der Waals surface area contributed by atoms with E-state index in [4.69, 9.17) is 15.2 Å². The summed E-state index contributed by atoms with van der Waals surface area (Å²) in [7, 11) is 1.57. The van der Waals surface area contributed by atoms with Crippen LogP contribution in [0.15, 0.2) is 24.3 Å². The van der Waals surface area contributed by atoms with Crippen LogP contribution in [-0.2, 0) is 11.3 Å². The molecule has 0 aliphatic carbocycles. The standard InChI is InChI=1S/C14H21N3O4/c1-3-21-14(19)17(8-7-15)13(18)16-10-11-5-4-6-12(9-11)20-2/h4-6,9H,3,7-8,10,15H2,1-2H3,(H,16,18). The van der Waals surface area contributed by atoms with Crippen LogP contribution in [0.2, 0.25) is 0 Å². The summed E-state index contributed by atoms with van der Waals surface area (Å²) in [6, 6.07) is 6.74. The Labute approximate surface area is 124 Å². The molecule has 0 fully saturated rings. The molecular weight excluding hydrogens is 274 g/mol. The average molecular weight is 295 g/mol. The normalized spacial score (nSPS) is 9.86. The number of imide groups is 1. The van der Waals surface area contributed by atoms with Gasteiger partial charge >= 0.3 is 12.1 Å². The summed E-state index contributed by atoms with van der Waals surface area (Å²) in [5.41, 5.74) is 6.26. The topological polar surface area (TPSA) is 93.9 Å². The van der Waals surface area contributed by atoms with Gasteiger partial charge in [-0.25, -0.2) is 14.5 Å². The maximum absolute atomic E-state index is 12.0. The fraction of sp³-hybridized carbons (Fsp3) is 0.429. The van der Waals surface area contributed by atoms with Gasteiger partial charge in [0.1, 0.15) is 5.75 Å². The van der Waals surface area contributed by atoms with Gasteiger partial charge in [0.2, 0.25) is 0 Å². The molecule has 3 N–H and O–H groups in total. The Hall–Kier alpha value is -2.28. The largest absolute Gasteiger partial charge is 0.497 e. The van der Waals surface area contributed by atoms with Gasteiger partial charge in [-0.15, -0.1) is 0 Å². The second kappa shape index (κ2) is 8.80. The maximum atomic E-state index is 12.0. The molecule has 0 aromatic heterocycles. The highest BCUT2D eigenvalue weighted by molar-refractivity contribution is 5.90. The van der Waals surface area contributed by atoms with Crippen LogP contribution in [0.1, 0.15) is 12.5 Å². The molecule has 3 amide bonds. The SMILES string of the molecule is CCOC(=O)N(CCN)C(=O)NCc1cccc(OC)c1. The van der Waals surface area contributed by atoms with Gasteiger partial charge in [0.15, 0.2) is 0 Å². The first-order valence-electron chi connectivity index (χ1n) is 6.67. The molecule has 0 bridgehead atoms. The Morgan fingerprint density at radius 1 is 1.38 bits per heavy atom. The molecule has 0 saturated heterocycles. The quantitative estimate of drug-likeness (QED) is 0.825. The molecule has 0 spiro atoms. The lowest BCUT2D eigenvalue weighted by atomic mass is 10.2. The van der Waals surface area contributed by atoms with E-state index in [1.165, 1.54) is 0 Å². The fourth-order valence-corrected chi connectivity index (χ4v) is 1.66. The minimum atomic E-state index is -0.703. The van der Waals surface area contributed by atoms with Crippen LogP contribution in [-0.4, -0.2) is 43.8 Å². The first kappa shape index (κ1) is 16.8. The number of ether oxygens (including phenoxy) is 2. The molecule has 0 radical (unpaired) electrons. The van der Waals surface area contributed by atoms with E-state index in [1.807, 2.05) is 18.2 Å². The van der Waals surface area contributed by atoms with Crippen molar-refractivity contribution in [2.45, 2.75) is 13.5 Å². The summed E-state index contributed by atoms with van der Waals surface area (Å²) < 4.78 is 9.92. The highest BCUT2D eigenvalue weighted by Crippen LogP contribution is 2.12. The minimum Gasteiger partial charge on any atom is -0.497 e. The first-order chi connectivity index (χ1) is 10.1. The van der Waals surface area contributed by atoms with Crippen LogP contribution in [0.5, 0.6) is 5.75 Å². The zero-order valence-corrected chi connectivity index (χ0v) is 12.3. The predicted octanol–water partition coefficient (Wildman–Crippen LogP) is 1.32. The fourth-order valence-electron chi connectivity index (χ4n) is 1.66. The number of carbonyl (C=O) groups is 2. The van der Waals surface area contributed by atoms with Gasteiger partial charge < -0.3 is 20.5 Å². The zero-order chi connectivity index (χ0) is 15.7. The molecule has 7 heteroatoms. The number of carbonyl (C=O) groups excluding carboxylic acids is 2. The number of hydrogen-bond donors (Lipinski definition) is 2. The van der Waals surface area contributed by atoms with Crippen LogP contribution < -0.4 is 15.8 Å². The number of urea groups is 1. The van der Waals surface area contributed by atoms with Crippen molar-refractivity contribution in [2.24, 2.45) is 5.73 Å². The zero-order valence-electron chi connectivity index (χ0n) is 12.3. The van der Waals surface area contributed by atoms with Crippen LogP contribution in [0.3, 0.4) is 0 Å². The van der Waals surface area contributed by atoms with E-state index >= 15 is 0 Å². The monoisotopic (exact) mass is 295 g/mol. The van der Waals surface area contributed by atoms with E-state index < -0.39 is 12.1 Å². The van der Waals surface area contributed by atoms with Crippen LogP contribution in [0.4, 0.5) is 9.59 Å². The predicted molar refractivity (Wildman–Crippen MR) is 78.0 cm³/mol. The molecule has 0 heterocycles. The molecule has 0 aliphatic rings. The van der Waals surface area contributed by atoms with E-state index in [2.05, 4.69) is 5.32 Å². The summed E-state index contributed by atoms with van der Waals surface area (Å²) in [6.45, 7) is 2.42. The molecule has 1 aromatic rings. The number of rotatable bonds is 6. The van der Waals surface area contributed by atoms with E-state index in [0.717, 1.165) is 10.5 Å². The van der Waals surface area contributed by atoms with Gasteiger partial charge in [-0.2, -0.15) is 0 Å². The summed E-state index contributed by atoms with van der Waals surface area (Å²) in [4.78, 5) is 24.6. The van der Waals surface area contributed by atoms with Crippen LogP contribution in [0.25, 0.3) is 0 Å². The van der Waals surface area contributed by atoms with Gasteiger partial charge in [-0.1, -0.05) is 12.1 Å². The van der Waals surface area contributed by atoms with Gasteiger partial charge in [-0.3, -0.25) is 0 Å². The Morgan fingerprint density at radius 2 is 2.14 bits per heavy atom. The number of nitrogens with two attached hydrogens (primary N) is 1. The number of methoxy groups -OCH3 is 1. The molecule has 116 valence electrons. The Balaban J connectivity index is 2.62. The lowest BCUT2D eigenvalue weighted by Crippen LogP contribution is -2.46. The highest BCUT2D eigenvalue weighted by Gasteiger charge is 2.21. The first-order valence-corrected chi connectivity index (χ1v) is 6.67. The number of nitrogens with one attached hydrogen (secondary N) is 1.